The summed E-state index contributed by atoms with van der Waals surface area (Å²) in [6, 6.07) is 0. The Morgan fingerprint density at radius 3 is 1.24 bits per heavy atom. The molecule has 0 radical (unpaired) electrons. The number of carbonyl (C=O) groups is 2. The van der Waals surface area contributed by atoms with Gasteiger partial charge in [0.2, 0.25) is 0 Å². The summed E-state index contributed by atoms with van der Waals surface area (Å²) >= 11 is 3.52. The standard InChI is InChI=1S/2C7H14O2S.2C4H9.Sn/c2*1-2-3-5-10-6-4-7(8)9;2*1-3-4-2;/h2*2-6H2,1H3,(H,8,9);2*1,3-4H2,2H3;/q;;;;+2/p-2. The van der Waals surface area contributed by atoms with E-state index in [1.165, 1.54) is 51.4 Å². The van der Waals surface area contributed by atoms with Crippen LogP contribution in [0.5, 0.6) is 0 Å². The van der Waals surface area contributed by atoms with Crippen molar-refractivity contribution < 1.29 is 19.8 Å². The SMILES string of the molecule is CCCCSCCC(=O)[O-].CCCCSCCC(=O)[O-].CCC[CH2][Sn+2][CH2]CCC. The Hall–Kier alpha value is 0.439. The number of carbonyl (C=O) groups excluding carboxylic acids is 2. The molecule has 0 aromatic heterocycles. The van der Waals surface area contributed by atoms with E-state index >= 15 is 0 Å². The Morgan fingerprint density at radius 1 is 0.621 bits per heavy atom. The van der Waals surface area contributed by atoms with Gasteiger partial charge in [-0.15, -0.1) is 0 Å². The summed E-state index contributed by atoms with van der Waals surface area (Å²) in [6.07, 6.45) is 10.9. The predicted molar refractivity (Wildman–Crippen MR) is 129 cm³/mol. The van der Waals surface area contributed by atoms with Crippen LogP contribution in [0.25, 0.3) is 0 Å². The predicted octanol–water partition coefficient (Wildman–Crippen LogP) is 4.45. The van der Waals surface area contributed by atoms with Crippen molar-refractivity contribution in [2.24, 2.45) is 0 Å². The molecule has 0 amide bonds. The second-order valence-electron chi connectivity index (χ2n) is 6.63. The molecule has 0 heterocycles. The van der Waals surface area contributed by atoms with Crippen LogP contribution in [-0.2, 0) is 9.59 Å². The van der Waals surface area contributed by atoms with Gasteiger partial charge >= 0.3 is 69.5 Å². The fourth-order valence-electron chi connectivity index (χ4n) is 1.74. The molecule has 4 nitrogen and oxygen atoms in total. The van der Waals surface area contributed by atoms with Crippen molar-refractivity contribution >= 4 is 56.6 Å². The van der Waals surface area contributed by atoms with Crippen LogP contribution in [0.3, 0.4) is 0 Å². The molecule has 0 spiro atoms. The fraction of sp³-hybridized carbons (Fsp3) is 0.909. The van der Waals surface area contributed by atoms with Crippen molar-refractivity contribution in [3.63, 3.8) is 0 Å². The third-order valence-electron chi connectivity index (χ3n) is 3.60. The number of carboxylic acids is 2. The van der Waals surface area contributed by atoms with Gasteiger partial charge in [-0.25, -0.2) is 0 Å². The van der Waals surface area contributed by atoms with Crippen molar-refractivity contribution in [3.05, 3.63) is 0 Å². The van der Waals surface area contributed by atoms with Gasteiger partial charge in [-0.3, -0.25) is 0 Å². The molecule has 29 heavy (non-hydrogen) atoms. The Kier molecular flexibility index (Phi) is 38.9. The number of unbranched alkanes of at least 4 members (excludes halogenated alkanes) is 4. The second kappa shape index (κ2) is 33.1. The zero-order chi connectivity index (χ0) is 22.6. The zero-order valence-corrected chi connectivity index (χ0v) is 23.8. The van der Waals surface area contributed by atoms with Crippen molar-refractivity contribution in [1.82, 2.24) is 0 Å². The van der Waals surface area contributed by atoms with Crippen molar-refractivity contribution in [2.45, 2.75) is 101 Å². The molecule has 0 aliphatic carbocycles. The van der Waals surface area contributed by atoms with Gasteiger partial charge in [-0.2, -0.15) is 23.5 Å². The van der Waals surface area contributed by atoms with Gasteiger partial charge in [0.15, 0.2) is 0 Å². The van der Waals surface area contributed by atoms with E-state index in [9.17, 15) is 19.8 Å². The maximum absolute atomic E-state index is 9.91. The molecule has 0 aromatic carbocycles. The number of hydrogen-bond acceptors (Lipinski definition) is 6. The molecule has 0 atom stereocenters. The van der Waals surface area contributed by atoms with Crippen molar-refractivity contribution in [1.29, 1.82) is 0 Å². The van der Waals surface area contributed by atoms with E-state index in [0.29, 0.717) is 11.5 Å². The van der Waals surface area contributed by atoms with E-state index in [4.69, 9.17) is 0 Å². The third-order valence-corrected chi connectivity index (χ3v) is 9.78. The molecule has 0 N–H and O–H groups in total. The van der Waals surface area contributed by atoms with E-state index in [1.54, 1.807) is 32.4 Å². The minimum absolute atomic E-state index is 0.149. The molecule has 0 unspecified atom stereocenters. The summed E-state index contributed by atoms with van der Waals surface area (Å²) in [6.45, 7) is 8.83. The van der Waals surface area contributed by atoms with Gasteiger partial charge in [-0.05, 0) is 48.7 Å². The van der Waals surface area contributed by atoms with E-state index in [2.05, 4.69) is 27.7 Å². The first-order valence-electron chi connectivity index (χ1n) is 11.2. The molecule has 0 aliphatic rings. The zero-order valence-electron chi connectivity index (χ0n) is 19.3. The minimum atomic E-state index is -0.941. The summed E-state index contributed by atoms with van der Waals surface area (Å²) in [5, 5.41) is 19.8. The summed E-state index contributed by atoms with van der Waals surface area (Å²) in [5.41, 5.74) is 0. The van der Waals surface area contributed by atoms with Crippen LogP contribution in [-0.4, -0.2) is 56.1 Å². The molecule has 0 bridgehead atoms. The first kappa shape index (κ1) is 34.1. The molecule has 0 fully saturated rings. The summed E-state index contributed by atoms with van der Waals surface area (Å²) in [4.78, 5) is 19.8. The van der Waals surface area contributed by atoms with Crippen LogP contribution < -0.4 is 10.2 Å². The maximum atomic E-state index is 9.91. The quantitative estimate of drug-likeness (QED) is 0.184. The van der Waals surface area contributed by atoms with Crippen LogP contribution in [0.1, 0.15) is 91.9 Å². The summed E-state index contributed by atoms with van der Waals surface area (Å²) < 4.78 is 3.25. The van der Waals surface area contributed by atoms with Gasteiger partial charge in [0.05, 0.1) is 0 Å². The second-order valence-corrected chi connectivity index (χ2v) is 13.4. The Labute approximate surface area is 199 Å². The van der Waals surface area contributed by atoms with Gasteiger partial charge in [0.1, 0.15) is 0 Å². The van der Waals surface area contributed by atoms with Gasteiger partial charge in [0.25, 0.3) is 0 Å². The molecule has 0 saturated carbocycles. The Bertz CT molecular complexity index is 302. The van der Waals surface area contributed by atoms with Crippen molar-refractivity contribution in [2.75, 3.05) is 23.0 Å². The van der Waals surface area contributed by atoms with Gasteiger partial charge in [-0.1, -0.05) is 26.7 Å². The number of carboxylic acid groups (broad SMARTS) is 2. The van der Waals surface area contributed by atoms with E-state index in [-0.39, 0.29) is 34.0 Å². The van der Waals surface area contributed by atoms with Crippen LogP contribution >= 0.6 is 23.5 Å². The van der Waals surface area contributed by atoms with Crippen LogP contribution in [0.15, 0.2) is 0 Å². The average molecular weight is 555 g/mol. The van der Waals surface area contributed by atoms with E-state index < -0.39 is 11.9 Å². The topological polar surface area (TPSA) is 80.3 Å². The Balaban J connectivity index is -0.000000350. The third kappa shape index (κ3) is 47.6. The molecular formula is C22H44O4S2Sn. The number of aliphatic carboxylic acids is 2. The van der Waals surface area contributed by atoms with Gasteiger partial charge < -0.3 is 19.8 Å². The average Bonchev–Trinajstić information content (AvgIpc) is 2.68. The molecular weight excluding hydrogens is 511 g/mol. The number of thioether (sulfide) groups is 2. The number of rotatable bonds is 18. The van der Waals surface area contributed by atoms with Crippen LogP contribution in [0, 0.1) is 0 Å². The van der Waals surface area contributed by atoms with Gasteiger partial charge in [0, 0.05) is 11.9 Å². The molecule has 0 aromatic rings. The molecule has 0 rings (SSSR count). The summed E-state index contributed by atoms with van der Waals surface area (Å²) in [7, 11) is 0. The first-order valence-corrected chi connectivity index (χ1v) is 17.6. The first-order chi connectivity index (χ1) is 14.0. The molecule has 7 heteroatoms. The van der Waals surface area contributed by atoms with Crippen molar-refractivity contribution in [3.8, 4) is 0 Å². The normalized spacial score (nSPS) is 9.52. The number of hydrogen-bond donors (Lipinski definition) is 0. The van der Waals surface area contributed by atoms with E-state index in [0.717, 1.165) is 11.5 Å². The van der Waals surface area contributed by atoms with E-state index in [1.807, 2.05) is 0 Å². The fourth-order valence-corrected chi connectivity index (χ4v) is 7.91. The molecule has 172 valence electrons. The van der Waals surface area contributed by atoms with Crippen LogP contribution in [0.2, 0.25) is 8.87 Å². The molecule has 0 saturated heterocycles. The monoisotopic (exact) mass is 556 g/mol. The molecule has 0 aliphatic heterocycles. The summed E-state index contributed by atoms with van der Waals surface area (Å²) in [5.74, 6) is 1.66. The Morgan fingerprint density at radius 2 is 0.966 bits per heavy atom. The van der Waals surface area contributed by atoms with Crippen LogP contribution in [0.4, 0.5) is 0 Å².